The van der Waals surface area contributed by atoms with Gasteiger partial charge in [0.15, 0.2) is 5.17 Å². The van der Waals surface area contributed by atoms with Crippen molar-refractivity contribution in [3.63, 3.8) is 0 Å². The Morgan fingerprint density at radius 2 is 1.80 bits per heavy atom. The molecule has 0 fully saturated rings. The second-order valence-corrected chi connectivity index (χ2v) is 7.49. The molecular formula is C24H16FN3OS. The number of hydrogen-bond acceptors (Lipinski definition) is 4. The molecule has 0 N–H and O–H groups in total. The first-order valence-corrected chi connectivity index (χ1v) is 10.2. The fourth-order valence-corrected chi connectivity index (χ4v) is 3.95. The van der Waals surface area contributed by atoms with Gasteiger partial charge in [0.2, 0.25) is 0 Å². The fourth-order valence-electron chi connectivity index (χ4n) is 3.00. The third kappa shape index (κ3) is 4.32. The Morgan fingerprint density at radius 3 is 2.53 bits per heavy atom. The SMILES string of the molecule is N#Cc1cccc(CSC2=N/C(=C/c3ccccc3)C(=O)N2c2ccc(F)cc2)c1. The molecule has 0 saturated carbocycles. The van der Waals surface area contributed by atoms with Crippen LogP contribution in [0.25, 0.3) is 6.08 Å². The zero-order chi connectivity index (χ0) is 20.9. The number of rotatable bonds is 4. The highest BCUT2D eigenvalue weighted by atomic mass is 32.2. The molecule has 0 unspecified atom stereocenters. The van der Waals surface area contributed by atoms with E-state index in [9.17, 15) is 9.18 Å². The molecule has 1 heterocycles. The van der Waals surface area contributed by atoms with Gasteiger partial charge in [0.1, 0.15) is 11.5 Å². The minimum Gasteiger partial charge on any atom is -0.266 e. The normalized spacial score (nSPS) is 14.7. The Labute approximate surface area is 178 Å². The fraction of sp³-hybridized carbons (Fsp3) is 0.0417. The Hall–Kier alpha value is -3.69. The molecule has 1 aliphatic heterocycles. The Morgan fingerprint density at radius 1 is 1.03 bits per heavy atom. The highest BCUT2D eigenvalue weighted by Gasteiger charge is 2.32. The van der Waals surface area contributed by atoms with Crippen molar-refractivity contribution >= 4 is 34.6 Å². The summed E-state index contributed by atoms with van der Waals surface area (Å²) >= 11 is 1.39. The zero-order valence-corrected chi connectivity index (χ0v) is 16.6. The number of nitriles is 1. The molecule has 0 radical (unpaired) electrons. The van der Waals surface area contributed by atoms with Crippen LogP contribution in [0.1, 0.15) is 16.7 Å². The van der Waals surface area contributed by atoms with Gasteiger partial charge in [-0.1, -0.05) is 54.2 Å². The Balaban J connectivity index is 1.66. The highest BCUT2D eigenvalue weighted by Crippen LogP contribution is 2.31. The summed E-state index contributed by atoms with van der Waals surface area (Å²) in [4.78, 5) is 19.2. The van der Waals surface area contributed by atoms with Crippen LogP contribution in [0.15, 0.2) is 89.6 Å². The van der Waals surface area contributed by atoms with Gasteiger partial charge in [-0.25, -0.2) is 9.38 Å². The van der Waals surface area contributed by atoms with E-state index in [1.54, 1.807) is 24.3 Å². The van der Waals surface area contributed by atoms with Crippen molar-refractivity contribution in [3.8, 4) is 6.07 Å². The number of carbonyl (C=O) groups excluding carboxylic acids is 1. The van der Waals surface area contributed by atoms with E-state index in [1.165, 1.54) is 28.8 Å². The summed E-state index contributed by atoms with van der Waals surface area (Å²) in [7, 11) is 0. The summed E-state index contributed by atoms with van der Waals surface area (Å²) in [5.74, 6) is -0.0959. The number of thioether (sulfide) groups is 1. The maximum absolute atomic E-state index is 13.4. The van der Waals surface area contributed by atoms with Crippen LogP contribution < -0.4 is 4.90 Å². The quantitative estimate of drug-likeness (QED) is 0.540. The van der Waals surface area contributed by atoms with E-state index < -0.39 is 0 Å². The number of halogens is 1. The molecular weight excluding hydrogens is 397 g/mol. The lowest BCUT2D eigenvalue weighted by Crippen LogP contribution is -2.30. The standard InChI is InChI=1S/C24H16FN3OS/c25-20-9-11-21(12-10-20)28-23(29)22(14-17-5-2-1-3-6-17)27-24(28)30-16-19-8-4-7-18(13-19)15-26/h1-14H,16H2/b22-14+. The highest BCUT2D eigenvalue weighted by molar-refractivity contribution is 8.13. The molecule has 0 saturated heterocycles. The molecule has 0 bridgehead atoms. The van der Waals surface area contributed by atoms with Crippen molar-refractivity contribution in [2.45, 2.75) is 5.75 Å². The molecule has 1 aliphatic rings. The third-order valence-electron chi connectivity index (χ3n) is 4.44. The van der Waals surface area contributed by atoms with Crippen LogP contribution in [-0.2, 0) is 10.5 Å². The monoisotopic (exact) mass is 413 g/mol. The first kappa shape index (κ1) is 19.6. The number of benzene rings is 3. The van der Waals surface area contributed by atoms with Crippen molar-refractivity contribution < 1.29 is 9.18 Å². The molecule has 4 nitrogen and oxygen atoms in total. The first-order valence-electron chi connectivity index (χ1n) is 9.21. The smallest absolute Gasteiger partial charge is 0.266 e. The topological polar surface area (TPSA) is 56.5 Å². The van der Waals surface area contributed by atoms with Crippen LogP contribution in [0.4, 0.5) is 10.1 Å². The number of anilines is 1. The Kier molecular flexibility index (Phi) is 5.73. The van der Waals surface area contributed by atoms with Crippen molar-refractivity contribution in [1.29, 1.82) is 5.26 Å². The van der Waals surface area contributed by atoms with E-state index in [4.69, 9.17) is 5.26 Å². The van der Waals surface area contributed by atoms with Gasteiger partial charge >= 0.3 is 0 Å². The van der Waals surface area contributed by atoms with E-state index in [1.807, 2.05) is 48.5 Å². The molecule has 0 aliphatic carbocycles. The molecule has 3 aromatic rings. The van der Waals surface area contributed by atoms with Gasteiger partial charge in [-0.05, 0) is 53.6 Å². The van der Waals surface area contributed by atoms with Gasteiger partial charge in [0.05, 0.1) is 17.3 Å². The number of amidine groups is 1. The van der Waals surface area contributed by atoms with Crippen LogP contribution in [0.3, 0.4) is 0 Å². The first-order chi connectivity index (χ1) is 14.6. The summed E-state index contributed by atoms with van der Waals surface area (Å²) in [6.07, 6.45) is 1.74. The largest absolute Gasteiger partial charge is 0.283 e. The molecule has 0 atom stereocenters. The summed E-state index contributed by atoms with van der Waals surface area (Å²) in [5.41, 5.74) is 3.27. The molecule has 0 spiro atoms. The maximum Gasteiger partial charge on any atom is 0.283 e. The molecule has 4 rings (SSSR count). The third-order valence-corrected chi connectivity index (χ3v) is 5.45. The van der Waals surface area contributed by atoms with Crippen molar-refractivity contribution in [2.24, 2.45) is 4.99 Å². The lowest BCUT2D eigenvalue weighted by atomic mass is 10.2. The minimum absolute atomic E-state index is 0.265. The van der Waals surface area contributed by atoms with Crippen LogP contribution in [0.2, 0.25) is 0 Å². The van der Waals surface area contributed by atoms with Crippen molar-refractivity contribution in [3.05, 3.63) is 107 Å². The number of amides is 1. The van der Waals surface area contributed by atoms with E-state index in [0.717, 1.165) is 11.1 Å². The molecule has 0 aromatic heterocycles. The zero-order valence-electron chi connectivity index (χ0n) is 15.8. The van der Waals surface area contributed by atoms with Crippen LogP contribution >= 0.6 is 11.8 Å². The lowest BCUT2D eigenvalue weighted by Gasteiger charge is -2.17. The number of carbonyl (C=O) groups is 1. The summed E-state index contributed by atoms with van der Waals surface area (Å²) in [5, 5.41) is 9.60. The van der Waals surface area contributed by atoms with Crippen LogP contribution in [-0.4, -0.2) is 11.1 Å². The van der Waals surface area contributed by atoms with Crippen LogP contribution in [0, 0.1) is 17.1 Å². The van der Waals surface area contributed by atoms with E-state index in [2.05, 4.69) is 11.1 Å². The average Bonchev–Trinajstić information content (AvgIpc) is 3.09. The molecule has 30 heavy (non-hydrogen) atoms. The van der Waals surface area contributed by atoms with Gasteiger partial charge < -0.3 is 0 Å². The number of aliphatic imine (C=N–C) groups is 1. The number of nitrogens with zero attached hydrogens (tertiary/aromatic N) is 3. The van der Waals surface area contributed by atoms with Gasteiger partial charge in [0, 0.05) is 5.75 Å². The summed E-state index contributed by atoms with van der Waals surface area (Å²) in [6.45, 7) is 0. The van der Waals surface area contributed by atoms with Crippen LogP contribution in [0.5, 0.6) is 0 Å². The maximum atomic E-state index is 13.4. The predicted molar refractivity (Wildman–Crippen MR) is 118 cm³/mol. The van der Waals surface area contributed by atoms with Crippen molar-refractivity contribution in [2.75, 3.05) is 4.90 Å². The van der Waals surface area contributed by atoms with E-state index in [-0.39, 0.29) is 11.7 Å². The predicted octanol–water partition coefficient (Wildman–Crippen LogP) is 5.37. The van der Waals surface area contributed by atoms with Gasteiger partial charge in [-0.15, -0.1) is 0 Å². The van der Waals surface area contributed by atoms with Gasteiger partial charge in [-0.2, -0.15) is 5.26 Å². The van der Waals surface area contributed by atoms with E-state index >= 15 is 0 Å². The van der Waals surface area contributed by atoms with E-state index in [0.29, 0.717) is 27.9 Å². The molecule has 3 aromatic carbocycles. The minimum atomic E-state index is -0.370. The summed E-state index contributed by atoms with van der Waals surface area (Å²) < 4.78 is 13.4. The van der Waals surface area contributed by atoms with Crippen molar-refractivity contribution in [1.82, 2.24) is 0 Å². The summed E-state index contributed by atoms with van der Waals surface area (Å²) in [6, 6.07) is 24.7. The van der Waals surface area contributed by atoms with Gasteiger partial charge in [-0.3, -0.25) is 9.69 Å². The average molecular weight is 413 g/mol. The Bertz CT molecular complexity index is 1180. The molecule has 1 amide bonds. The van der Waals surface area contributed by atoms with Gasteiger partial charge in [0.25, 0.3) is 5.91 Å². The lowest BCUT2D eigenvalue weighted by molar-refractivity contribution is -0.113. The number of hydrogen-bond donors (Lipinski definition) is 0. The second kappa shape index (κ2) is 8.76. The second-order valence-electron chi connectivity index (χ2n) is 6.55. The molecule has 6 heteroatoms. The molecule has 146 valence electrons.